The topological polar surface area (TPSA) is 35.9 Å². The lowest BCUT2D eigenvalue weighted by molar-refractivity contribution is 0.0226. The zero-order valence-corrected chi connectivity index (χ0v) is 10.8. The van der Waals surface area contributed by atoms with E-state index in [0.717, 1.165) is 45.2 Å². The number of morpholine rings is 1. The van der Waals surface area contributed by atoms with Crippen molar-refractivity contribution in [3.8, 4) is 0 Å². The average Bonchev–Trinajstić information content (AvgIpc) is 2.38. The van der Waals surface area contributed by atoms with Crippen LogP contribution in [0.15, 0.2) is 0 Å². The van der Waals surface area contributed by atoms with Crippen LogP contribution >= 0.6 is 0 Å². The second-order valence-electron chi connectivity index (χ2n) is 5.30. The molecule has 0 aliphatic carbocycles. The van der Waals surface area contributed by atoms with Crippen molar-refractivity contribution in [1.29, 1.82) is 0 Å². The van der Waals surface area contributed by atoms with E-state index in [2.05, 4.69) is 9.80 Å². The number of rotatable bonds is 5. The van der Waals surface area contributed by atoms with Crippen LogP contribution in [-0.2, 0) is 4.74 Å². The van der Waals surface area contributed by atoms with Crippen LogP contribution in [0.5, 0.6) is 0 Å². The summed E-state index contributed by atoms with van der Waals surface area (Å²) < 4.78 is 5.38. The zero-order chi connectivity index (χ0) is 11.9. The van der Waals surface area contributed by atoms with Crippen LogP contribution < -0.4 is 0 Å². The lowest BCUT2D eigenvalue weighted by Gasteiger charge is -2.36. The molecular formula is C13H26N2O2. The Morgan fingerprint density at radius 3 is 2.71 bits per heavy atom. The number of aliphatic hydroxyl groups excluding tert-OH is 1. The van der Waals surface area contributed by atoms with E-state index in [1.165, 1.54) is 32.5 Å². The van der Waals surface area contributed by atoms with Gasteiger partial charge in [-0.15, -0.1) is 0 Å². The van der Waals surface area contributed by atoms with Gasteiger partial charge in [-0.05, 0) is 31.7 Å². The molecule has 4 heteroatoms. The van der Waals surface area contributed by atoms with Crippen molar-refractivity contribution in [2.75, 3.05) is 59.1 Å². The lowest BCUT2D eigenvalue weighted by atomic mass is 9.97. The van der Waals surface area contributed by atoms with E-state index in [-0.39, 0.29) is 0 Å². The van der Waals surface area contributed by atoms with Gasteiger partial charge >= 0.3 is 0 Å². The van der Waals surface area contributed by atoms with Gasteiger partial charge in [0.25, 0.3) is 0 Å². The lowest BCUT2D eigenvalue weighted by Crippen LogP contribution is -2.44. The summed E-state index contributed by atoms with van der Waals surface area (Å²) in [5.74, 6) is 0.820. The van der Waals surface area contributed by atoms with E-state index in [0.29, 0.717) is 6.61 Å². The molecule has 0 radical (unpaired) electrons. The summed E-state index contributed by atoms with van der Waals surface area (Å²) in [6.45, 7) is 9.08. The van der Waals surface area contributed by atoms with Gasteiger partial charge in [-0.3, -0.25) is 4.90 Å². The summed E-state index contributed by atoms with van der Waals surface area (Å²) >= 11 is 0. The van der Waals surface area contributed by atoms with E-state index < -0.39 is 0 Å². The fourth-order valence-electron chi connectivity index (χ4n) is 2.95. The number of aliphatic hydroxyl groups is 1. The molecule has 0 aromatic carbocycles. The van der Waals surface area contributed by atoms with Gasteiger partial charge in [-0.2, -0.15) is 0 Å². The maximum atomic E-state index is 8.88. The molecule has 2 aliphatic heterocycles. The van der Waals surface area contributed by atoms with Crippen LogP contribution in [0.3, 0.4) is 0 Å². The highest BCUT2D eigenvalue weighted by Crippen LogP contribution is 2.18. The summed E-state index contributed by atoms with van der Waals surface area (Å²) in [5.41, 5.74) is 0. The summed E-state index contributed by atoms with van der Waals surface area (Å²) in [4.78, 5) is 5.06. The standard InChI is InChI=1S/C13H26N2O2/c16-8-2-5-14-4-1-3-13(11-14)12-15-6-9-17-10-7-15/h13,16H,1-12H2. The third kappa shape index (κ3) is 4.54. The second-order valence-corrected chi connectivity index (χ2v) is 5.30. The minimum Gasteiger partial charge on any atom is -0.396 e. The Kier molecular flexibility index (Phi) is 5.71. The smallest absolute Gasteiger partial charge is 0.0594 e. The van der Waals surface area contributed by atoms with Gasteiger partial charge in [-0.1, -0.05) is 0 Å². The third-order valence-electron chi connectivity index (χ3n) is 3.86. The minimum absolute atomic E-state index is 0.324. The van der Waals surface area contributed by atoms with Gasteiger partial charge in [-0.25, -0.2) is 0 Å². The van der Waals surface area contributed by atoms with Crippen molar-refractivity contribution >= 4 is 0 Å². The molecule has 1 unspecified atom stereocenters. The van der Waals surface area contributed by atoms with E-state index in [4.69, 9.17) is 9.84 Å². The maximum Gasteiger partial charge on any atom is 0.0594 e. The molecule has 0 spiro atoms. The summed E-state index contributed by atoms with van der Waals surface area (Å²) in [7, 11) is 0. The number of hydrogen-bond donors (Lipinski definition) is 1. The van der Waals surface area contributed by atoms with Gasteiger partial charge in [0.2, 0.25) is 0 Å². The first-order valence-electron chi connectivity index (χ1n) is 7.02. The highest BCUT2D eigenvalue weighted by Gasteiger charge is 2.22. The summed E-state index contributed by atoms with van der Waals surface area (Å²) in [5, 5.41) is 8.88. The highest BCUT2D eigenvalue weighted by atomic mass is 16.5. The van der Waals surface area contributed by atoms with Crippen LogP contribution in [0.2, 0.25) is 0 Å². The summed E-state index contributed by atoms with van der Waals surface area (Å²) in [6.07, 6.45) is 3.61. The first-order chi connectivity index (χ1) is 8.38. The summed E-state index contributed by atoms with van der Waals surface area (Å²) in [6, 6.07) is 0. The first-order valence-corrected chi connectivity index (χ1v) is 7.02. The van der Waals surface area contributed by atoms with Crippen molar-refractivity contribution in [2.45, 2.75) is 19.3 Å². The Balaban J connectivity index is 1.68. The molecular weight excluding hydrogens is 216 g/mol. The van der Waals surface area contributed by atoms with Gasteiger partial charge in [0.05, 0.1) is 13.2 Å². The van der Waals surface area contributed by atoms with Crippen molar-refractivity contribution < 1.29 is 9.84 Å². The molecule has 17 heavy (non-hydrogen) atoms. The van der Waals surface area contributed by atoms with Crippen LogP contribution in [0.4, 0.5) is 0 Å². The molecule has 100 valence electrons. The molecule has 2 aliphatic rings. The van der Waals surface area contributed by atoms with Crippen molar-refractivity contribution in [3.63, 3.8) is 0 Å². The van der Waals surface area contributed by atoms with Crippen LogP contribution in [0.1, 0.15) is 19.3 Å². The molecule has 0 amide bonds. The first kappa shape index (κ1) is 13.3. The Bertz CT molecular complexity index is 208. The molecule has 0 aromatic rings. The predicted molar refractivity (Wildman–Crippen MR) is 68.1 cm³/mol. The Morgan fingerprint density at radius 2 is 1.94 bits per heavy atom. The van der Waals surface area contributed by atoms with Crippen molar-refractivity contribution in [1.82, 2.24) is 9.80 Å². The van der Waals surface area contributed by atoms with E-state index in [1.54, 1.807) is 0 Å². The number of ether oxygens (including phenoxy) is 1. The Morgan fingerprint density at radius 1 is 1.12 bits per heavy atom. The largest absolute Gasteiger partial charge is 0.396 e. The average molecular weight is 242 g/mol. The normalized spacial score (nSPS) is 28.4. The predicted octanol–water partition coefficient (Wildman–Crippen LogP) is 0.413. The quantitative estimate of drug-likeness (QED) is 0.758. The van der Waals surface area contributed by atoms with Crippen LogP contribution in [0.25, 0.3) is 0 Å². The van der Waals surface area contributed by atoms with Crippen LogP contribution in [0, 0.1) is 5.92 Å². The van der Waals surface area contributed by atoms with Gasteiger partial charge in [0.1, 0.15) is 0 Å². The second kappa shape index (κ2) is 7.31. The fourth-order valence-corrected chi connectivity index (χ4v) is 2.95. The Labute approximate surface area is 105 Å². The molecule has 0 saturated carbocycles. The van der Waals surface area contributed by atoms with Crippen molar-refractivity contribution in [3.05, 3.63) is 0 Å². The number of nitrogens with zero attached hydrogens (tertiary/aromatic N) is 2. The zero-order valence-electron chi connectivity index (χ0n) is 10.8. The molecule has 4 nitrogen and oxygen atoms in total. The molecule has 0 aromatic heterocycles. The van der Waals surface area contributed by atoms with E-state index >= 15 is 0 Å². The highest BCUT2D eigenvalue weighted by molar-refractivity contribution is 4.76. The minimum atomic E-state index is 0.324. The molecule has 2 heterocycles. The van der Waals surface area contributed by atoms with Gasteiger partial charge < -0.3 is 14.7 Å². The third-order valence-corrected chi connectivity index (χ3v) is 3.86. The van der Waals surface area contributed by atoms with Gasteiger partial charge in [0, 0.05) is 39.3 Å². The molecule has 2 rings (SSSR count). The molecule has 2 saturated heterocycles. The maximum absolute atomic E-state index is 8.88. The SMILES string of the molecule is OCCCN1CCCC(CN2CCOCC2)C1. The van der Waals surface area contributed by atoms with Crippen LogP contribution in [-0.4, -0.2) is 74.0 Å². The monoisotopic (exact) mass is 242 g/mol. The van der Waals surface area contributed by atoms with Crippen molar-refractivity contribution in [2.24, 2.45) is 5.92 Å². The van der Waals surface area contributed by atoms with Gasteiger partial charge in [0.15, 0.2) is 0 Å². The fraction of sp³-hybridized carbons (Fsp3) is 1.00. The number of piperidine rings is 1. The molecule has 0 bridgehead atoms. The Hall–Kier alpha value is -0.160. The van der Waals surface area contributed by atoms with E-state index in [9.17, 15) is 0 Å². The molecule has 1 N–H and O–H groups in total. The molecule has 1 atom stereocenters. The van der Waals surface area contributed by atoms with E-state index in [1.807, 2.05) is 0 Å². The number of likely N-dealkylation sites (tertiary alicyclic amines) is 1. The number of hydrogen-bond acceptors (Lipinski definition) is 4. The molecule has 2 fully saturated rings.